The molecule has 0 fully saturated rings. The van der Waals surface area contributed by atoms with Crippen molar-refractivity contribution in [2.24, 2.45) is 11.8 Å². The van der Waals surface area contributed by atoms with Gasteiger partial charge in [-0.3, -0.25) is 4.79 Å². The van der Waals surface area contributed by atoms with Crippen LogP contribution in [0.2, 0.25) is 0 Å². The van der Waals surface area contributed by atoms with Crippen LogP contribution in [-0.2, 0) is 0 Å². The summed E-state index contributed by atoms with van der Waals surface area (Å²) < 4.78 is 5.23. The fourth-order valence-electron chi connectivity index (χ4n) is 2.07. The lowest BCUT2D eigenvalue weighted by Gasteiger charge is -2.19. The monoisotopic (exact) mass is 250 g/mol. The van der Waals surface area contributed by atoms with Gasteiger partial charge < -0.3 is 9.84 Å². The third-order valence-corrected chi connectivity index (χ3v) is 3.35. The lowest BCUT2D eigenvalue weighted by Crippen LogP contribution is -2.24. The first kappa shape index (κ1) is 14.7. The van der Waals surface area contributed by atoms with Gasteiger partial charge in [-0.15, -0.1) is 0 Å². The summed E-state index contributed by atoms with van der Waals surface area (Å²) in [6.45, 7) is 7.60. The number of hydrogen-bond acceptors (Lipinski definition) is 3. The minimum atomic E-state index is -0.337. The number of hydrogen-bond donors (Lipinski definition) is 1. The van der Waals surface area contributed by atoms with Crippen LogP contribution in [0.1, 0.15) is 35.3 Å². The van der Waals surface area contributed by atoms with Gasteiger partial charge in [-0.05, 0) is 43.0 Å². The normalized spacial score (nSPS) is 12.6. The molecule has 1 rings (SSSR count). The van der Waals surface area contributed by atoms with Gasteiger partial charge in [0, 0.05) is 11.5 Å². The van der Waals surface area contributed by atoms with E-state index in [0.29, 0.717) is 5.56 Å². The topological polar surface area (TPSA) is 46.5 Å². The number of carbonyl (C=O) groups is 1. The Labute approximate surface area is 109 Å². The van der Waals surface area contributed by atoms with Gasteiger partial charge in [0.15, 0.2) is 5.78 Å². The van der Waals surface area contributed by atoms with E-state index in [1.54, 1.807) is 7.11 Å². The fraction of sp³-hybridized carbons (Fsp3) is 0.533. The van der Waals surface area contributed by atoms with Crippen LogP contribution >= 0.6 is 0 Å². The average Bonchev–Trinajstić information content (AvgIpc) is 2.31. The van der Waals surface area contributed by atoms with E-state index in [9.17, 15) is 9.90 Å². The summed E-state index contributed by atoms with van der Waals surface area (Å²) in [6.07, 6.45) is 0. The Hall–Kier alpha value is -1.35. The molecule has 1 unspecified atom stereocenters. The highest BCUT2D eigenvalue weighted by molar-refractivity contribution is 5.99. The number of benzene rings is 1. The standard InChI is InChI=1S/C15H22O3/c1-9(2)13(8-16)15(17)12-6-11(4)14(18-5)7-10(12)3/h6-7,9,13,16H,8H2,1-5H3. The van der Waals surface area contributed by atoms with E-state index in [-0.39, 0.29) is 24.2 Å². The molecule has 1 N–H and O–H groups in total. The first-order valence-corrected chi connectivity index (χ1v) is 6.22. The van der Waals surface area contributed by atoms with Gasteiger partial charge in [0.1, 0.15) is 5.75 Å². The summed E-state index contributed by atoms with van der Waals surface area (Å²) in [4.78, 5) is 12.4. The van der Waals surface area contributed by atoms with Crippen LogP contribution in [0, 0.1) is 25.7 Å². The van der Waals surface area contributed by atoms with Crippen LogP contribution in [0.15, 0.2) is 12.1 Å². The maximum atomic E-state index is 12.4. The molecule has 0 aliphatic rings. The molecule has 0 aromatic heterocycles. The van der Waals surface area contributed by atoms with Crippen molar-refractivity contribution >= 4 is 5.78 Å². The second kappa shape index (κ2) is 6.01. The number of ketones is 1. The molecule has 0 heterocycles. The Morgan fingerprint density at radius 2 is 1.89 bits per heavy atom. The van der Waals surface area contributed by atoms with E-state index < -0.39 is 0 Å². The van der Waals surface area contributed by atoms with Crippen molar-refractivity contribution in [3.05, 3.63) is 28.8 Å². The molecule has 100 valence electrons. The molecule has 1 aromatic carbocycles. The lowest BCUT2D eigenvalue weighted by atomic mass is 9.86. The van der Waals surface area contributed by atoms with Crippen molar-refractivity contribution in [1.29, 1.82) is 0 Å². The summed E-state index contributed by atoms with van der Waals surface area (Å²) in [6, 6.07) is 3.72. The molecule has 0 saturated carbocycles. The van der Waals surface area contributed by atoms with Crippen LogP contribution in [0.3, 0.4) is 0 Å². The Bertz CT molecular complexity index is 436. The largest absolute Gasteiger partial charge is 0.496 e. The molecule has 18 heavy (non-hydrogen) atoms. The highest BCUT2D eigenvalue weighted by Gasteiger charge is 2.24. The Kier molecular flexibility index (Phi) is 4.91. The quantitative estimate of drug-likeness (QED) is 0.817. The number of rotatable bonds is 5. The molecule has 1 atom stereocenters. The second-order valence-electron chi connectivity index (χ2n) is 5.03. The van der Waals surface area contributed by atoms with E-state index in [4.69, 9.17) is 4.74 Å². The van der Waals surface area contributed by atoms with Crippen molar-refractivity contribution in [2.45, 2.75) is 27.7 Å². The third kappa shape index (κ3) is 2.91. The molecule has 1 aromatic rings. The Morgan fingerprint density at radius 1 is 1.28 bits per heavy atom. The maximum absolute atomic E-state index is 12.4. The number of methoxy groups -OCH3 is 1. The number of ether oxygens (including phenoxy) is 1. The summed E-state index contributed by atoms with van der Waals surface area (Å²) in [5.74, 6) is 0.589. The molecular formula is C15H22O3. The van der Waals surface area contributed by atoms with Gasteiger partial charge in [-0.2, -0.15) is 0 Å². The summed E-state index contributed by atoms with van der Waals surface area (Å²) in [5.41, 5.74) is 2.51. The third-order valence-electron chi connectivity index (χ3n) is 3.35. The van der Waals surface area contributed by atoms with Crippen molar-refractivity contribution in [3.8, 4) is 5.75 Å². The molecule has 3 heteroatoms. The van der Waals surface area contributed by atoms with Crippen molar-refractivity contribution < 1.29 is 14.6 Å². The number of aliphatic hydroxyl groups excluding tert-OH is 1. The number of aryl methyl sites for hydroxylation is 2. The Balaban J connectivity index is 3.17. The van der Waals surface area contributed by atoms with Crippen LogP contribution in [0.25, 0.3) is 0 Å². The second-order valence-corrected chi connectivity index (χ2v) is 5.03. The molecular weight excluding hydrogens is 228 g/mol. The zero-order chi connectivity index (χ0) is 13.9. The Morgan fingerprint density at radius 3 is 2.33 bits per heavy atom. The number of aliphatic hydroxyl groups is 1. The first-order valence-electron chi connectivity index (χ1n) is 6.22. The van der Waals surface area contributed by atoms with Gasteiger partial charge in [0.2, 0.25) is 0 Å². The van der Waals surface area contributed by atoms with Crippen molar-refractivity contribution in [2.75, 3.05) is 13.7 Å². The maximum Gasteiger partial charge on any atom is 0.168 e. The highest BCUT2D eigenvalue weighted by atomic mass is 16.5. The molecule has 0 spiro atoms. The van der Waals surface area contributed by atoms with Gasteiger partial charge in [0.05, 0.1) is 13.7 Å². The smallest absolute Gasteiger partial charge is 0.168 e. The predicted octanol–water partition coefficient (Wildman–Crippen LogP) is 2.76. The molecule has 0 aliphatic heterocycles. The fourth-order valence-corrected chi connectivity index (χ4v) is 2.07. The molecule has 0 saturated heterocycles. The summed E-state index contributed by atoms with van der Waals surface area (Å²) >= 11 is 0. The number of Topliss-reactive ketones (excluding diaryl/α,β-unsaturated/α-hetero) is 1. The molecule has 0 amide bonds. The zero-order valence-electron chi connectivity index (χ0n) is 11.8. The van der Waals surface area contributed by atoms with E-state index in [1.165, 1.54) is 0 Å². The van der Waals surface area contributed by atoms with Gasteiger partial charge in [0.25, 0.3) is 0 Å². The van der Waals surface area contributed by atoms with Gasteiger partial charge in [-0.1, -0.05) is 13.8 Å². The first-order chi connectivity index (χ1) is 8.42. The average molecular weight is 250 g/mol. The highest BCUT2D eigenvalue weighted by Crippen LogP contribution is 2.26. The SMILES string of the molecule is COc1cc(C)c(C(=O)C(CO)C(C)C)cc1C. The summed E-state index contributed by atoms with van der Waals surface area (Å²) in [5, 5.41) is 9.34. The molecule has 0 bridgehead atoms. The van der Waals surface area contributed by atoms with Crippen molar-refractivity contribution in [1.82, 2.24) is 0 Å². The van der Waals surface area contributed by atoms with Crippen LogP contribution in [0.5, 0.6) is 5.75 Å². The number of carbonyl (C=O) groups excluding carboxylic acids is 1. The molecule has 0 radical (unpaired) electrons. The van der Waals surface area contributed by atoms with Gasteiger partial charge >= 0.3 is 0 Å². The van der Waals surface area contributed by atoms with E-state index in [2.05, 4.69) is 0 Å². The molecule has 0 aliphatic carbocycles. The van der Waals surface area contributed by atoms with Crippen LogP contribution < -0.4 is 4.74 Å². The summed E-state index contributed by atoms with van der Waals surface area (Å²) in [7, 11) is 1.62. The minimum Gasteiger partial charge on any atom is -0.496 e. The van der Waals surface area contributed by atoms with E-state index in [0.717, 1.165) is 16.9 Å². The zero-order valence-corrected chi connectivity index (χ0v) is 11.8. The van der Waals surface area contributed by atoms with Crippen molar-refractivity contribution in [3.63, 3.8) is 0 Å². The van der Waals surface area contributed by atoms with Crippen LogP contribution in [-0.4, -0.2) is 24.6 Å². The lowest BCUT2D eigenvalue weighted by molar-refractivity contribution is 0.0806. The van der Waals surface area contributed by atoms with E-state index in [1.807, 2.05) is 39.8 Å². The van der Waals surface area contributed by atoms with Crippen LogP contribution in [0.4, 0.5) is 0 Å². The minimum absolute atomic E-state index is 0.00996. The molecule has 3 nitrogen and oxygen atoms in total. The van der Waals surface area contributed by atoms with Gasteiger partial charge in [-0.25, -0.2) is 0 Å². The predicted molar refractivity (Wildman–Crippen MR) is 72.2 cm³/mol. The van der Waals surface area contributed by atoms with E-state index >= 15 is 0 Å².